The molecule has 0 aliphatic heterocycles. The van der Waals surface area contributed by atoms with E-state index in [1.165, 1.54) is 47.7 Å². The predicted octanol–water partition coefficient (Wildman–Crippen LogP) is 1.59. The summed E-state index contributed by atoms with van der Waals surface area (Å²) in [6, 6.07) is 3.85. The molecule has 3 rings (SSSR count). The van der Waals surface area contributed by atoms with Gasteiger partial charge in [0, 0.05) is 32.5 Å². The number of hydrogen-bond acceptors (Lipinski definition) is 4. The van der Waals surface area contributed by atoms with E-state index in [4.69, 9.17) is 0 Å². The van der Waals surface area contributed by atoms with Crippen LogP contribution in [0.3, 0.4) is 0 Å². The molecule has 0 saturated heterocycles. The van der Waals surface area contributed by atoms with Crippen LogP contribution >= 0.6 is 0 Å². The Hall–Kier alpha value is -2.44. The molecule has 25 heavy (non-hydrogen) atoms. The Morgan fingerprint density at radius 1 is 1.24 bits per heavy atom. The first-order chi connectivity index (χ1) is 12.1. The maximum atomic E-state index is 12.9. The number of carbonyl (C=O) groups is 1. The fourth-order valence-corrected chi connectivity index (χ4v) is 3.40. The molecule has 1 aliphatic carbocycles. The molecule has 0 bridgehead atoms. The van der Waals surface area contributed by atoms with Gasteiger partial charge in [0.25, 0.3) is 0 Å². The van der Waals surface area contributed by atoms with Crippen LogP contribution in [0.5, 0.6) is 0 Å². The minimum absolute atomic E-state index is 0.0164. The van der Waals surface area contributed by atoms with Crippen LogP contribution in [0.25, 0.3) is 0 Å². The lowest BCUT2D eigenvalue weighted by Crippen LogP contribution is -2.39. The average molecular weight is 343 g/mol. The molecule has 0 aromatic carbocycles. The van der Waals surface area contributed by atoms with E-state index in [2.05, 4.69) is 10.1 Å². The van der Waals surface area contributed by atoms with Gasteiger partial charge in [0.05, 0.1) is 0 Å². The second-order valence-electron chi connectivity index (χ2n) is 6.82. The quantitative estimate of drug-likeness (QED) is 0.798. The number of aryl methyl sites for hydroxylation is 1. The fourth-order valence-electron chi connectivity index (χ4n) is 3.40. The summed E-state index contributed by atoms with van der Waals surface area (Å²) in [5.41, 5.74) is 0.780. The van der Waals surface area contributed by atoms with Gasteiger partial charge < -0.3 is 4.90 Å². The normalized spacial score (nSPS) is 15.2. The lowest BCUT2D eigenvalue weighted by atomic mass is 9.89. The summed E-state index contributed by atoms with van der Waals surface area (Å²) in [5.74, 6) is 0.475. The van der Waals surface area contributed by atoms with Crippen molar-refractivity contribution in [3.63, 3.8) is 0 Å². The Morgan fingerprint density at radius 2 is 1.96 bits per heavy atom. The van der Waals surface area contributed by atoms with Crippen LogP contribution in [0.15, 0.2) is 35.6 Å². The van der Waals surface area contributed by atoms with Crippen LogP contribution in [0.2, 0.25) is 0 Å². The lowest BCUT2D eigenvalue weighted by molar-refractivity contribution is -0.133. The topological polar surface area (TPSA) is 73.0 Å². The highest BCUT2D eigenvalue weighted by Crippen LogP contribution is 2.25. The van der Waals surface area contributed by atoms with Crippen molar-refractivity contribution >= 4 is 5.91 Å². The molecule has 2 aromatic rings. The minimum atomic E-state index is -0.269. The Bertz CT molecular complexity index is 746. The van der Waals surface area contributed by atoms with Gasteiger partial charge in [-0.25, -0.2) is 9.48 Å². The highest BCUT2D eigenvalue weighted by Gasteiger charge is 2.22. The van der Waals surface area contributed by atoms with E-state index in [1.807, 2.05) is 17.0 Å². The SMILES string of the molecule is Cn1cnn(CC(=O)N(Cc2ccncc2)CC2CCCCC2)c1=O. The first kappa shape index (κ1) is 17.4. The van der Waals surface area contributed by atoms with Crippen molar-refractivity contribution in [3.05, 3.63) is 46.9 Å². The third-order valence-corrected chi connectivity index (χ3v) is 4.85. The van der Waals surface area contributed by atoms with Crippen LogP contribution in [-0.2, 0) is 24.9 Å². The maximum Gasteiger partial charge on any atom is 0.345 e. The number of carbonyl (C=O) groups excluding carboxylic acids is 1. The zero-order valence-corrected chi connectivity index (χ0v) is 14.7. The summed E-state index contributed by atoms with van der Waals surface area (Å²) < 4.78 is 2.60. The molecule has 1 amide bonds. The molecule has 0 N–H and O–H groups in total. The van der Waals surface area contributed by atoms with Crippen molar-refractivity contribution in [1.29, 1.82) is 0 Å². The van der Waals surface area contributed by atoms with E-state index in [9.17, 15) is 9.59 Å². The van der Waals surface area contributed by atoms with Crippen molar-refractivity contribution in [2.75, 3.05) is 6.54 Å². The molecule has 134 valence electrons. The first-order valence-electron chi connectivity index (χ1n) is 8.88. The Kier molecular flexibility index (Phi) is 5.63. The molecular formula is C18H25N5O2. The van der Waals surface area contributed by atoms with Gasteiger partial charge in [0.1, 0.15) is 12.9 Å². The standard InChI is InChI=1S/C18H25N5O2/c1-21-14-20-23(18(21)25)13-17(24)22(11-15-5-3-2-4-6-15)12-16-7-9-19-10-8-16/h7-10,14-15H,2-6,11-13H2,1H3. The molecule has 1 saturated carbocycles. The number of rotatable bonds is 6. The van der Waals surface area contributed by atoms with Gasteiger partial charge in [-0.05, 0) is 36.5 Å². The summed E-state index contributed by atoms with van der Waals surface area (Å²) in [7, 11) is 1.63. The largest absolute Gasteiger partial charge is 0.345 e. The van der Waals surface area contributed by atoms with Crippen LogP contribution in [0.1, 0.15) is 37.7 Å². The number of hydrogen-bond donors (Lipinski definition) is 0. The third kappa shape index (κ3) is 4.55. The van der Waals surface area contributed by atoms with Crippen LogP contribution < -0.4 is 5.69 Å². The summed E-state index contributed by atoms with van der Waals surface area (Å²) in [6.07, 6.45) is 11.0. The minimum Gasteiger partial charge on any atom is -0.336 e. The van der Waals surface area contributed by atoms with E-state index < -0.39 is 0 Å². The summed E-state index contributed by atoms with van der Waals surface area (Å²) >= 11 is 0. The molecule has 0 spiro atoms. The second kappa shape index (κ2) is 8.09. The average Bonchev–Trinajstić information content (AvgIpc) is 2.95. The van der Waals surface area contributed by atoms with E-state index in [0.29, 0.717) is 12.5 Å². The van der Waals surface area contributed by atoms with Gasteiger partial charge in [-0.15, -0.1) is 0 Å². The molecule has 0 atom stereocenters. The van der Waals surface area contributed by atoms with E-state index in [1.54, 1.807) is 19.4 Å². The third-order valence-electron chi connectivity index (χ3n) is 4.85. The molecule has 1 fully saturated rings. The van der Waals surface area contributed by atoms with Crippen LogP contribution in [0.4, 0.5) is 0 Å². The highest BCUT2D eigenvalue weighted by atomic mass is 16.2. The summed E-state index contributed by atoms with van der Waals surface area (Å²) in [6.45, 7) is 1.26. The van der Waals surface area contributed by atoms with Crippen molar-refractivity contribution < 1.29 is 4.79 Å². The van der Waals surface area contributed by atoms with Crippen molar-refractivity contribution in [3.8, 4) is 0 Å². The van der Waals surface area contributed by atoms with Gasteiger partial charge in [-0.2, -0.15) is 5.10 Å². The Morgan fingerprint density at radius 3 is 2.60 bits per heavy atom. The lowest BCUT2D eigenvalue weighted by Gasteiger charge is -2.30. The van der Waals surface area contributed by atoms with E-state index >= 15 is 0 Å². The van der Waals surface area contributed by atoms with Crippen molar-refractivity contribution in [2.24, 2.45) is 13.0 Å². The van der Waals surface area contributed by atoms with E-state index in [0.717, 1.165) is 12.1 Å². The number of amides is 1. The summed E-state index contributed by atoms with van der Waals surface area (Å²) in [5, 5.41) is 4.00. The Balaban J connectivity index is 1.72. The predicted molar refractivity (Wildman–Crippen MR) is 93.7 cm³/mol. The van der Waals surface area contributed by atoms with Crippen LogP contribution in [0, 0.1) is 5.92 Å². The molecule has 7 nitrogen and oxygen atoms in total. The van der Waals surface area contributed by atoms with Gasteiger partial charge in [0.2, 0.25) is 5.91 Å². The molecular weight excluding hydrogens is 318 g/mol. The zero-order valence-electron chi connectivity index (χ0n) is 14.7. The number of aromatic nitrogens is 4. The number of nitrogens with zero attached hydrogens (tertiary/aromatic N) is 5. The summed E-state index contributed by atoms with van der Waals surface area (Å²) in [4.78, 5) is 30.7. The monoisotopic (exact) mass is 343 g/mol. The van der Waals surface area contributed by atoms with Gasteiger partial charge in [-0.1, -0.05) is 19.3 Å². The second-order valence-corrected chi connectivity index (χ2v) is 6.82. The first-order valence-corrected chi connectivity index (χ1v) is 8.88. The van der Waals surface area contributed by atoms with Gasteiger partial charge in [0.15, 0.2) is 0 Å². The molecule has 0 unspecified atom stereocenters. The highest BCUT2D eigenvalue weighted by molar-refractivity contribution is 5.75. The van der Waals surface area contributed by atoms with Crippen molar-refractivity contribution in [2.45, 2.75) is 45.2 Å². The van der Waals surface area contributed by atoms with E-state index in [-0.39, 0.29) is 18.1 Å². The molecule has 2 heterocycles. The maximum absolute atomic E-state index is 12.9. The molecule has 7 heteroatoms. The van der Waals surface area contributed by atoms with Gasteiger partial charge in [-0.3, -0.25) is 14.3 Å². The van der Waals surface area contributed by atoms with Crippen molar-refractivity contribution in [1.82, 2.24) is 24.2 Å². The van der Waals surface area contributed by atoms with Crippen LogP contribution in [-0.4, -0.2) is 36.7 Å². The molecule has 1 aliphatic rings. The smallest absolute Gasteiger partial charge is 0.336 e. The fraction of sp³-hybridized carbons (Fsp3) is 0.556. The molecule has 2 aromatic heterocycles. The molecule has 0 radical (unpaired) electrons. The Labute approximate surface area is 147 Å². The van der Waals surface area contributed by atoms with Gasteiger partial charge >= 0.3 is 5.69 Å². The number of pyridine rings is 1. The zero-order chi connectivity index (χ0) is 17.6.